The van der Waals surface area contributed by atoms with Gasteiger partial charge in [-0.3, -0.25) is 4.79 Å². The Balaban J connectivity index is 2.33. The minimum Gasteiger partial charge on any atom is -0.322 e. The van der Waals surface area contributed by atoms with E-state index in [-0.39, 0.29) is 10.8 Å². The van der Waals surface area contributed by atoms with Crippen LogP contribution in [0.15, 0.2) is 47.4 Å². The number of aryl methyl sites for hydroxylation is 2. The number of nitrogens with one attached hydrogen (secondary N) is 1. The highest BCUT2D eigenvalue weighted by Gasteiger charge is 2.14. The molecule has 0 bridgehead atoms. The zero-order valence-corrected chi connectivity index (χ0v) is 13.7. The van der Waals surface area contributed by atoms with Crippen molar-refractivity contribution in [3.05, 3.63) is 59.2 Å². The van der Waals surface area contributed by atoms with Crippen LogP contribution in [0.4, 0.5) is 5.69 Å². The minimum absolute atomic E-state index is 0.144. The molecular weight excluding hydrogens is 298 g/mol. The molecule has 0 spiro atoms. The van der Waals surface area contributed by atoms with Crippen LogP contribution in [0, 0.1) is 6.92 Å². The molecule has 0 aromatic heterocycles. The SMILES string of the molecule is CCc1cccc(NC(=O)c2cc(S(C)(=O)=O)ccc2C)c1. The molecule has 5 heteroatoms. The summed E-state index contributed by atoms with van der Waals surface area (Å²) in [5.74, 6) is -0.309. The molecule has 2 aromatic rings. The van der Waals surface area contributed by atoms with E-state index in [2.05, 4.69) is 5.32 Å². The monoisotopic (exact) mass is 317 g/mol. The van der Waals surface area contributed by atoms with Crippen molar-refractivity contribution in [3.63, 3.8) is 0 Å². The quantitative estimate of drug-likeness (QED) is 0.942. The molecule has 1 amide bonds. The number of hydrogen-bond donors (Lipinski definition) is 1. The largest absolute Gasteiger partial charge is 0.322 e. The first-order valence-electron chi connectivity index (χ1n) is 7.02. The fraction of sp³-hybridized carbons (Fsp3) is 0.235. The molecule has 2 rings (SSSR count). The van der Waals surface area contributed by atoms with Crippen LogP contribution in [0.5, 0.6) is 0 Å². The van der Waals surface area contributed by atoms with E-state index in [0.717, 1.165) is 23.8 Å². The minimum atomic E-state index is -3.34. The summed E-state index contributed by atoms with van der Waals surface area (Å²) < 4.78 is 23.3. The van der Waals surface area contributed by atoms with E-state index >= 15 is 0 Å². The second-order valence-electron chi connectivity index (χ2n) is 5.26. The lowest BCUT2D eigenvalue weighted by atomic mass is 10.1. The molecule has 22 heavy (non-hydrogen) atoms. The maximum atomic E-state index is 12.4. The summed E-state index contributed by atoms with van der Waals surface area (Å²) in [5.41, 5.74) is 2.93. The van der Waals surface area contributed by atoms with Crippen molar-refractivity contribution in [3.8, 4) is 0 Å². The van der Waals surface area contributed by atoms with E-state index in [4.69, 9.17) is 0 Å². The molecule has 116 valence electrons. The second-order valence-corrected chi connectivity index (χ2v) is 7.27. The first-order valence-corrected chi connectivity index (χ1v) is 8.91. The van der Waals surface area contributed by atoms with Gasteiger partial charge in [-0.15, -0.1) is 0 Å². The number of anilines is 1. The Morgan fingerprint density at radius 3 is 2.50 bits per heavy atom. The summed E-state index contributed by atoms with van der Waals surface area (Å²) in [6.07, 6.45) is 2.01. The number of carbonyl (C=O) groups is 1. The molecule has 0 atom stereocenters. The number of amides is 1. The number of sulfone groups is 1. The number of hydrogen-bond acceptors (Lipinski definition) is 3. The summed E-state index contributed by atoms with van der Waals surface area (Å²) in [5, 5.41) is 2.82. The molecule has 4 nitrogen and oxygen atoms in total. The van der Waals surface area contributed by atoms with Crippen molar-refractivity contribution in [2.75, 3.05) is 11.6 Å². The predicted octanol–water partition coefficient (Wildman–Crippen LogP) is 3.21. The Morgan fingerprint density at radius 1 is 1.14 bits per heavy atom. The van der Waals surface area contributed by atoms with Crippen molar-refractivity contribution in [2.45, 2.75) is 25.2 Å². The Labute approximate surface area is 131 Å². The maximum Gasteiger partial charge on any atom is 0.255 e. The van der Waals surface area contributed by atoms with Crippen molar-refractivity contribution >= 4 is 21.4 Å². The molecule has 0 saturated carbocycles. The topological polar surface area (TPSA) is 63.2 Å². The van der Waals surface area contributed by atoms with Gasteiger partial charge in [-0.25, -0.2) is 8.42 Å². The highest BCUT2D eigenvalue weighted by Crippen LogP contribution is 2.18. The Bertz CT molecular complexity index is 810. The van der Waals surface area contributed by atoms with Crippen LogP contribution in [-0.4, -0.2) is 20.6 Å². The van der Waals surface area contributed by atoms with Gasteiger partial charge in [0.25, 0.3) is 5.91 Å². The predicted molar refractivity (Wildman–Crippen MR) is 88.1 cm³/mol. The van der Waals surface area contributed by atoms with Crippen LogP contribution >= 0.6 is 0 Å². The molecule has 0 unspecified atom stereocenters. The third-order valence-corrected chi connectivity index (χ3v) is 4.59. The van der Waals surface area contributed by atoms with Gasteiger partial charge in [-0.05, 0) is 48.7 Å². The molecule has 0 saturated heterocycles. The van der Waals surface area contributed by atoms with Crippen LogP contribution in [0.1, 0.15) is 28.4 Å². The van der Waals surface area contributed by atoms with Gasteiger partial charge >= 0.3 is 0 Å². The lowest BCUT2D eigenvalue weighted by molar-refractivity contribution is 0.102. The van der Waals surface area contributed by atoms with Crippen LogP contribution in [0.25, 0.3) is 0 Å². The molecule has 0 aliphatic heterocycles. The van der Waals surface area contributed by atoms with Crippen molar-refractivity contribution in [1.29, 1.82) is 0 Å². The molecule has 2 aromatic carbocycles. The Hall–Kier alpha value is -2.14. The van der Waals surface area contributed by atoms with Crippen LogP contribution in [0.3, 0.4) is 0 Å². The summed E-state index contributed by atoms with van der Waals surface area (Å²) in [4.78, 5) is 12.6. The van der Waals surface area contributed by atoms with E-state index in [9.17, 15) is 13.2 Å². The molecular formula is C17H19NO3S. The lowest BCUT2D eigenvalue weighted by Crippen LogP contribution is -2.14. The average molecular weight is 317 g/mol. The molecule has 0 aliphatic carbocycles. The fourth-order valence-corrected chi connectivity index (χ4v) is 2.79. The van der Waals surface area contributed by atoms with Crippen molar-refractivity contribution < 1.29 is 13.2 Å². The van der Waals surface area contributed by atoms with Gasteiger partial charge < -0.3 is 5.32 Å². The molecule has 0 heterocycles. The van der Waals surface area contributed by atoms with Crippen molar-refractivity contribution in [2.24, 2.45) is 0 Å². The second kappa shape index (κ2) is 6.32. The summed E-state index contributed by atoms with van der Waals surface area (Å²) in [6.45, 7) is 3.82. The van der Waals surface area contributed by atoms with Crippen LogP contribution in [-0.2, 0) is 16.3 Å². The van der Waals surface area contributed by atoms with E-state index in [1.54, 1.807) is 13.0 Å². The third-order valence-electron chi connectivity index (χ3n) is 3.47. The number of carbonyl (C=O) groups excluding carboxylic acids is 1. The summed E-state index contributed by atoms with van der Waals surface area (Å²) >= 11 is 0. The van der Waals surface area contributed by atoms with E-state index < -0.39 is 9.84 Å². The van der Waals surface area contributed by atoms with Gasteiger partial charge in [-0.2, -0.15) is 0 Å². The summed E-state index contributed by atoms with van der Waals surface area (Å²) in [6, 6.07) is 12.2. The normalized spacial score (nSPS) is 11.2. The zero-order chi connectivity index (χ0) is 16.3. The Morgan fingerprint density at radius 2 is 1.86 bits per heavy atom. The first-order chi connectivity index (χ1) is 10.3. The highest BCUT2D eigenvalue weighted by molar-refractivity contribution is 7.90. The van der Waals surface area contributed by atoms with Crippen LogP contribution in [0.2, 0.25) is 0 Å². The number of benzene rings is 2. The van der Waals surface area contributed by atoms with E-state index in [1.165, 1.54) is 12.1 Å². The fourth-order valence-electron chi connectivity index (χ4n) is 2.14. The van der Waals surface area contributed by atoms with Gasteiger partial charge in [0, 0.05) is 17.5 Å². The molecule has 0 radical (unpaired) electrons. The van der Waals surface area contributed by atoms with Gasteiger partial charge in [0.2, 0.25) is 0 Å². The van der Waals surface area contributed by atoms with Gasteiger partial charge in [0.1, 0.15) is 0 Å². The van der Waals surface area contributed by atoms with E-state index in [1.807, 2.05) is 31.2 Å². The first kappa shape index (κ1) is 16.2. The van der Waals surface area contributed by atoms with Crippen molar-refractivity contribution in [1.82, 2.24) is 0 Å². The average Bonchev–Trinajstić information content (AvgIpc) is 2.46. The summed E-state index contributed by atoms with van der Waals surface area (Å²) in [7, 11) is -3.34. The standard InChI is InChI=1S/C17H19NO3S/c1-4-13-6-5-7-14(10-13)18-17(19)16-11-15(22(3,20)21)9-8-12(16)2/h5-11H,4H2,1-3H3,(H,18,19). The third kappa shape index (κ3) is 3.74. The van der Waals surface area contributed by atoms with Gasteiger partial charge in [0.15, 0.2) is 9.84 Å². The van der Waals surface area contributed by atoms with E-state index in [0.29, 0.717) is 11.3 Å². The van der Waals surface area contributed by atoms with Gasteiger partial charge in [-0.1, -0.05) is 25.1 Å². The highest BCUT2D eigenvalue weighted by atomic mass is 32.2. The Kier molecular flexibility index (Phi) is 4.66. The maximum absolute atomic E-state index is 12.4. The zero-order valence-electron chi connectivity index (χ0n) is 12.9. The smallest absolute Gasteiger partial charge is 0.255 e. The number of rotatable bonds is 4. The van der Waals surface area contributed by atoms with Crippen LogP contribution < -0.4 is 5.32 Å². The molecule has 0 fully saturated rings. The lowest BCUT2D eigenvalue weighted by Gasteiger charge is -2.10. The molecule has 0 aliphatic rings. The van der Waals surface area contributed by atoms with Gasteiger partial charge in [0.05, 0.1) is 4.90 Å². The molecule has 1 N–H and O–H groups in total.